The molecular formula is C18H18ClN3O2S. The highest BCUT2D eigenvalue weighted by Crippen LogP contribution is 2.28. The van der Waals surface area contributed by atoms with Crippen molar-refractivity contribution in [2.24, 2.45) is 0 Å². The summed E-state index contributed by atoms with van der Waals surface area (Å²) in [4.78, 5) is 5.74. The summed E-state index contributed by atoms with van der Waals surface area (Å²) in [6.45, 7) is 2.26. The quantitative estimate of drug-likeness (QED) is 0.763. The molecule has 0 saturated carbocycles. The maximum atomic E-state index is 12.8. The van der Waals surface area contributed by atoms with Gasteiger partial charge in [-0.25, -0.2) is 8.42 Å². The molecule has 1 aliphatic heterocycles. The number of aromatic amines is 1. The molecule has 0 amide bonds. The number of H-pyrrole nitrogens is 1. The van der Waals surface area contributed by atoms with Crippen molar-refractivity contribution in [2.45, 2.75) is 4.90 Å². The number of fused-ring (bicyclic) bond motifs is 1. The Morgan fingerprint density at radius 2 is 1.64 bits per heavy atom. The van der Waals surface area contributed by atoms with Gasteiger partial charge in [-0.05, 0) is 42.5 Å². The Morgan fingerprint density at radius 3 is 2.36 bits per heavy atom. The lowest BCUT2D eigenvalue weighted by Crippen LogP contribution is -2.48. The molecule has 2 heterocycles. The fourth-order valence-corrected chi connectivity index (χ4v) is 4.82. The highest BCUT2D eigenvalue weighted by atomic mass is 35.5. The second-order valence-corrected chi connectivity index (χ2v) is 8.44. The molecule has 130 valence electrons. The lowest BCUT2D eigenvalue weighted by atomic mass is 10.2. The number of hydrogen-bond donors (Lipinski definition) is 1. The summed E-state index contributed by atoms with van der Waals surface area (Å²) >= 11 is 5.86. The van der Waals surface area contributed by atoms with Crippen LogP contribution in [0, 0.1) is 0 Å². The summed E-state index contributed by atoms with van der Waals surface area (Å²) in [6, 6.07) is 14.5. The van der Waals surface area contributed by atoms with Crippen molar-refractivity contribution in [2.75, 3.05) is 31.1 Å². The molecule has 0 unspecified atom stereocenters. The number of aromatic nitrogens is 1. The Kier molecular flexibility index (Phi) is 4.19. The molecule has 1 aliphatic rings. The number of halogens is 1. The minimum Gasteiger partial charge on any atom is -0.368 e. The van der Waals surface area contributed by atoms with Crippen molar-refractivity contribution >= 4 is 38.2 Å². The maximum Gasteiger partial charge on any atom is 0.243 e. The molecule has 1 saturated heterocycles. The van der Waals surface area contributed by atoms with Crippen LogP contribution < -0.4 is 4.90 Å². The van der Waals surface area contributed by atoms with Gasteiger partial charge in [0.2, 0.25) is 10.0 Å². The van der Waals surface area contributed by atoms with E-state index in [9.17, 15) is 8.42 Å². The number of rotatable bonds is 3. The SMILES string of the molecule is O=S(=O)(c1ccc(Cl)cc1)N1CCN(c2cccc3[nH]ccc23)CC1. The molecule has 0 radical (unpaired) electrons. The monoisotopic (exact) mass is 375 g/mol. The van der Waals surface area contributed by atoms with E-state index in [-0.39, 0.29) is 4.90 Å². The van der Waals surface area contributed by atoms with E-state index in [1.807, 2.05) is 18.3 Å². The number of anilines is 1. The van der Waals surface area contributed by atoms with Crippen molar-refractivity contribution in [3.05, 3.63) is 59.8 Å². The van der Waals surface area contributed by atoms with Gasteiger partial charge in [-0.3, -0.25) is 0 Å². The minimum absolute atomic E-state index is 0.290. The molecule has 3 aromatic rings. The largest absolute Gasteiger partial charge is 0.368 e. The molecule has 0 aliphatic carbocycles. The van der Waals surface area contributed by atoms with Crippen molar-refractivity contribution in [1.82, 2.24) is 9.29 Å². The summed E-state index contributed by atoms with van der Waals surface area (Å²) in [6.07, 6.45) is 1.93. The van der Waals surface area contributed by atoms with Gasteiger partial charge in [-0.15, -0.1) is 0 Å². The van der Waals surface area contributed by atoms with Gasteiger partial charge in [0, 0.05) is 54.0 Å². The van der Waals surface area contributed by atoms with E-state index >= 15 is 0 Å². The summed E-state index contributed by atoms with van der Waals surface area (Å²) in [5, 5.41) is 1.69. The number of piperazine rings is 1. The standard InChI is InChI=1S/C18H18ClN3O2S/c19-14-4-6-15(7-5-14)25(23,24)22-12-10-21(11-13-22)18-3-1-2-17-16(18)8-9-20-17/h1-9,20H,10-13H2. The van der Waals surface area contributed by atoms with E-state index in [0.29, 0.717) is 31.2 Å². The molecular weight excluding hydrogens is 358 g/mol. The lowest BCUT2D eigenvalue weighted by molar-refractivity contribution is 0.385. The van der Waals surface area contributed by atoms with Gasteiger partial charge < -0.3 is 9.88 Å². The highest BCUT2D eigenvalue weighted by molar-refractivity contribution is 7.89. The second kappa shape index (κ2) is 6.37. The predicted molar refractivity (Wildman–Crippen MR) is 101 cm³/mol. The zero-order valence-electron chi connectivity index (χ0n) is 13.5. The fraction of sp³-hybridized carbons (Fsp3) is 0.222. The van der Waals surface area contributed by atoms with Crippen LogP contribution in [0.2, 0.25) is 5.02 Å². The van der Waals surface area contributed by atoms with Crippen LogP contribution in [0.1, 0.15) is 0 Å². The first-order valence-corrected chi connectivity index (χ1v) is 9.94. The van der Waals surface area contributed by atoms with E-state index in [1.165, 1.54) is 0 Å². The van der Waals surface area contributed by atoms with Gasteiger partial charge in [0.15, 0.2) is 0 Å². The van der Waals surface area contributed by atoms with Crippen molar-refractivity contribution in [3.63, 3.8) is 0 Å². The number of nitrogens with zero attached hydrogens (tertiary/aromatic N) is 2. The smallest absolute Gasteiger partial charge is 0.243 e. The Bertz CT molecular complexity index is 991. The highest BCUT2D eigenvalue weighted by Gasteiger charge is 2.28. The molecule has 0 spiro atoms. The average molecular weight is 376 g/mol. The molecule has 2 aromatic carbocycles. The Balaban J connectivity index is 1.53. The number of nitrogens with one attached hydrogen (secondary N) is 1. The minimum atomic E-state index is -3.47. The Hall–Kier alpha value is -2.02. The molecule has 1 fully saturated rings. The van der Waals surface area contributed by atoms with Crippen LogP contribution in [0.15, 0.2) is 59.6 Å². The van der Waals surface area contributed by atoms with Crippen LogP contribution in [0.4, 0.5) is 5.69 Å². The Morgan fingerprint density at radius 1 is 0.920 bits per heavy atom. The summed E-state index contributed by atoms with van der Waals surface area (Å²) in [5.41, 5.74) is 2.23. The van der Waals surface area contributed by atoms with Crippen LogP contribution in [-0.2, 0) is 10.0 Å². The van der Waals surface area contributed by atoms with Crippen molar-refractivity contribution < 1.29 is 8.42 Å². The third-order valence-corrected chi connectivity index (χ3v) is 6.77. The zero-order valence-corrected chi connectivity index (χ0v) is 15.1. The first-order chi connectivity index (χ1) is 12.1. The summed E-state index contributed by atoms with van der Waals surface area (Å²) in [5.74, 6) is 0. The normalized spacial score (nSPS) is 16.4. The maximum absolute atomic E-state index is 12.8. The van der Waals surface area contributed by atoms with E-state index in [2.05, 4.69) is 22.0 Å². The number of hydrogen-bond acceptors (Lipinski definition) is 3. The molecule has 0 bridgehead atoms. The summed E-state index contributed by atoms with van der Waals surface area (Å²) in [7, 11) is -3.47. The Labute approximate surface area is 151 Å². The first-order valence-electron chi connectivity index (χ1n) is 8.12. The molecule has 7 heteroatoms. The molecule has 25 heavy (non-hydrogen) atoms. The van der Waals surface area contributed by atoms with Crippen LogP contribution in [0.5, 0.6) is 0 Å². The van der Waals surface area contributed by atoms with Crippen LogP contribution >= 0.6 is 11.6 Å². The zero-order chi connectivity index (χ0) is 17.4. The average Bonchev–Trinajstić information content (AvgIpc) is 3.11. The molecule has 1 aromatic heterocycles. The van der Waals surface area contributed by atoms with Gasteiger partial charge in [-0.1, -0.05) is 17.7 Å². The second-order valence-electron chi connectivity index (χ2n) is 6.06. The third kappa shape index (κ3) is 3.01. The number of sulfonamides is 1. The number of benzene rings is 2. The van der Waals surface area contributed by atoms with Crippen molar-refractivity contribution in [3.8, 4) is 0 Å². The first kappa shape index (κ1) is 16.4. The van der Waals surface area contributed by atoms with Crippen molar-refractivity contribution in [1.29, 1.82) is 0 Å². The molecule has 4 rings (SSSR count). The van der Waals surface area contributed by atoms with E-state index in [0.717, 1.165) is 16.6 Å². The lowest BCUT2D eigenvalue weighted by Gasteiger charge is -2.35. The van der Waals surface area contributed by atoms with Gasteiger partial charge in [-0.2, -0.15) is 4.31 Å². The van der Waals surface area contributed by atoms with Crippen LogP contribution in [0.3, 0.4) is 0 Å². The third-order valence-electron chi connectivity index (χ3n) is 4.60. The van der Waals surface area contributed by atoms with Gasteiger partial charge in [0.05, 0.1) is 4.90 Å². The molecule has 1 N–H and O–H groups in total. The van der Waals surface area contributed by atoms with Gasteiger partial charge in [0.25, 0.3) is 0 Å². The predicted octanol–water partition coefficient (Wildman–Crippen LogP) is 3.33. The van der Waals surface area contributed by atoms with E-state index < -0.39 is 10.0 Å². The topological polar surface area (TPSA) is 56.4 Å². The van der Waals surface area contributed by atoms with E-state index in [1.54, 1.807) is 28.6 Å². The van der Waals surface area contributed by atoms with Crippen LogP contribution in [0.25, 0.3) is 10.9 Å². The molecule has 5 nitrogen and oxygen atoms in total. The van der Waals surface area contributed by atoms with Gasteiger partial charge >= 0.3 is 0 Å². The van der Waals surface area contributed by atoms with Crippen LogP contribution in [-0.4, -0.2) is 43.9 Å². The van der Waals surface area contributed by atoms with E-state index in [4.69, 9.17) is 11.6 Å². The fourth-order valence-electron chi connectivity index (χ4n) is 3.27. The van der Waals surface area contributed by atoms with Gasteiger partial charge in [0.1, 0.15) is 0 Å². The summed E-state index contributed by atoms with van der Waals surface area (Å²) < 4.78 is 27.1. The molecule has 0 atom stereocenters.